The highest BCUT2D eigenvalue weighted by Gasteiger charge is 2.34. The van der Waals surface area contributed by atoms with E-state index in [1.807, 2.05) is 35.2 Å². The molecule has 27 heavy (non-hydrogen) atoms. The Balaban J connectivity index is 1.45. The highest BCUT2D eigenvalue weighted by Crippen LogP contribution is 2.44. The van der Waals surface area contributed by atoms with Crippen molar-refractivity contribution in [1.29, 1.82) is 0 Å². The molecule has 0 saturated carbocycles. The first kappa shape index (κ1) is 15.0. The average Bonchev–Trinajstić information content (AvgIpc) is 3.34. The van der Waals surface area contributed by atoms with Gasteiger partial charge in [-0.05, 0) is 41.8 Å². The van der Waals surface area contributed by atoms with Crippen molar-refractivity contribution in [3.8, 4) is 23.0 Å². The van der Waals surface area contributed by atoms with Gasteiger partial charge in [-0.3, -0.25) is 4.79 Å². The van der Waals surface area contributed by atoms with Crippen molar-refractivity contribution in [2.45, 2.75) is 18.8 Å². The number of hydrogen-bond donors (Lipinski definition) is 0. The zero-order valence-corrected chi connectivity index (χ0v) is 14.6. The van der Waals surface area contributed by atoms with E-state index in [0.29, 0.717) is 13.0 Å². The van der Waals surface area contributed by atoms with Gasteiger partial charge in [-0.2, -0.15) is 0 Å². The topological polar surface area (TPSA) is 57.2 Å². The summed E-state index contributed by atoms with van der Waals surface area (Å²) in [5.74, 6) is 3.19. The molecule has 6 rings (SSSR count). The number of rotatable bonds is 1. The third-order valence-electron chi connectivity index (χ3n) is 5.65. The molecule has 0 bridgehead atoms. The van der Waals surface area contributed by atoms with Crippen molar-refractivity contribution in [1.82, 2.24) is 4.90 Å². The van der Waals surface area contributed by atoms with Crippen molar-refractivity contribution < 1.29 is 23.7 Å². The molecule has 0 aromatic heterocycles. The lowest BCUT2D eigenvalue weighted by molar-refractivity contribution is -0.128. The van der Waals surface area contributed by atoms with E-state index in [-0.39, 0.29) is 25.4 Å². The van der Waals surface area contributed by atoms with Gasteiger partial charge in [-0.15, -0.1) is 0 Å². The van der Waals surface area contributed by atoms with Crippen LogP contribution in [0, 0.1) is 0 Å². The standard InChI is InChI=1S/C21H17NO5/c23-21-8-14(12-1-2-17-18(6-12)25-10-24-17)5-16-15-9-20-19(26-11-27-20)7-13(15)3-4-22(16)21/h1-2,5-7,9,14H,3-4,8,10-11H2/t14-/m1/s1. The predicted octanol–water partition coefficient (Wildman–Crippen LogP) is 3.06. The molecular formula is C21H17NO5. The Hall–Kier alpha value is -3.15. The third-order valence-corrected chi connectivity index (χ3v) is 5.65. The molecule has 1 amide bonds. The van der Waals surface area contributed by atoms with Crippen LogP contribution in [0.25, 0.3) is 5.70 Å². The van der Waals surface area contributed by atoms with E-state index >= 15 is 0 Å². The first-order chi connectivity index (χ1) is 13.3. The first-order valence-electron chi connectivity index (χ1n) is 9.11. The molecule has 0 aliphatic carbocycles. The Kier molecular flexibility index (Phi) is 3.01. The molecule has 2 aromatic carbocycles. The lowest BCUT2D eigenvalue weighted by Crippen LogP contribution is -2.38. The fraction of sp³-hybridized carbons (Fsp3) is 0.286. The maximum Gasteiger partial charge on any atom is 0.231 e. The molecule has 0 unspecified atom stereocenters. The molecule has 6 nitrogen and oxygen atoms in total. The molecule has 1 atom stereocenters. The van der Waals surface area contributed by atoms with E-state index in [2.05, 4.69) is 6.08 Å². The molecule has 0 radical (unpaired) electrons. The van der Waals surface area contributed by atoms with E-state index in [4.69, 9.17) is 18.9 Å². The highest BCUT2D eigenvalue weighted by molar-refractivity contribution is 5.92. The summed E-state index contributed by atoms with van der Waals surface area (Å²) in [5.41, 5.74) is 4.28. The van der Waals surface area contributed by atoms with E-state index in [1.54, 1.807) is 0 Å². The summed E-state index contributed by atoms with van der Waals surface area (Å²) in [6, 6.07) is 9.97. The summed E-state index contributed by atoms with van der Waals surface area (Å²) in [4.78, 5) is 14.8. The second-order valence-corrected chi connectivity index (χ2v) is 7.13. The number of carbonyl (C=O) groups is 1. The van der Waals surface area contributed by atoms with E-state index in [0.717, 1.165) is 46.2 Å². The summed E-state index contributed by atoms with van der Waals surface area (Å²) < 4.78 is 22.0. The number of allylic oxidation sites excluding steroid dienone is 1. The molecule has 0 N–H and O–H groups in total. The van der Waals surface area contributed by atoms with Crippen molar-refractivity contribution in [2.75, 3.05) is 20.1 Å². The van der Waals surface area contributed by atoms with Gasteiger partial charge < -0.3 is 23.8 Å². The number of fused-ring (bicyclic) bond motifs is 5. The predicted molar refractivity (Wildman–Crippen MR) is 95.9 cm³/mol. The Morgan fingerprint density at radius 2 is 1.63 bits per heavy atom. The van der Waals surface area contributed by atoms with Gasteiger partial charge in [0.05, 0.1) is 0 Å². The van der Waals surface area contributed by atoms with Gasteiger partial charge in [0, 0.05) is 30.1 Å². The summed E-state index contributed by atoms with van der Waals surface area (Å²) in [6.45, 7) is 1.20. The minimum absolute atomic E-state index is 0.00891. The number of ether oxygens (including phenoxy) is 4. The van der Waals surface area contributed by atoms with Crippen LogP contribution in [0.5, 0.6) is 23.0 Å². The van der Waals surface area contributed by atoms with Gasteiger partial charge in [0.1, 0.15) is 0 Å². The SMILES string of the molecule is O=C1C[C@H](c2ccc3c(c2)OCO3)C=C2c3cc4c(cc3CCN12)OCO4. The second-order valence-electron chi connectivity index (χ2n) is 7.13. The lowest BCUT2D eigenvalue weighted by atomic mass is 9.85. The van der Waals surface area contributed by atoms with Crippen molar-refractivity contribution >= 4 is 11.6 Å². The van der Waals surface area contributed by atoms with Crippen molar-refractivity contribution in [2.24, 2.45) is 0 Å². The summed E-state index contributed by atoms with van der Waals surface area (Å²) in [7, 11) is 0. The second kappa shape index (κ2) is 5.42. The average molecular weight is 363 g/mol. The molecule has 0 spiro atoms. The fourth-order valence-electron chi connectivity index (χ4n) is 4.27. The normalized spacial score (nSPS) is 21.6. The number of benzene rings is 2. The molecule has 4 aliphatic heterocycles. The van der Waals surface area contributed by atoms with Crippen LogP contribution >= 0.6 is 0 Å². The van der Waals surface area contributed by atoms with Crippen LogP contribution in [-0.4, -0.2) is 30.9 Å². The number of carbonyl (C=O) groups excluding carboxylic acids is 1. The minimum atomic E-state index is 0.00891. The number of nitrogens with zero attached hydrogens (tertiary/aromatic N) is 1. The molecule has 0 fully saturated rings. The number of hydrogen-bond acceptors (Lipinski definition) is 5. The highest BCUT2D eigenvalue weighted by atomic mass is 16.7. The van der Waals surface area contributed by atoms with Gasteiger partial charge in [-0.25, -0.2) is 0 Å². The molecule has 6 heteroatoms. The number of amides is 1. The fourth-order valence-corrected chi connectivity index (χ4v) is 4.27. The minimum Gasteiger partial charge on any atom is -0.454 e. The van der Waals surface area contributed by atoms with Crippen molar-refractivity contribution in [3.63, 3.8) is 0 Å². The van der Waals surface area contributed by atoms with Gasteiger partial charge in [-0.1, -0.05) is 12.1 Å². The Morgan fingerprint density at radius 3 is 2.48 bits per heavy atom. The van der Waals surface area contributed by atoms with Crippen LogP contribution in [-0.2, 0) is 11.2 Å². The third kappa shape index (κ3) is 2.22. The largest absolute Gasteiger partial charge is 0.454 e. The zero-order valence-electron chi connectivity index (χ0n) is 14.6. The maximum absolute atomic E-state index is 12.9. The first-order valence-corrected chi connectivity index (χ1v) is 9.11. The van der Waals surface area contributed by atoms with Gasteiger partial charge in [0.2, 0.25) is 19.5 Å². The van der Waals surface area contributed by atoms with E-state index in [9.17, 15) is 4.79 Å². The summed E-state index contributed by atoms with van der Waals surface area (Å²) in [5, 5.41) is 0. The van der Waals surface area contributed by atoms with Gasteiger partial charge >= 0.3 is 0 Å². The molecule has 0 saturated heterocycles. The summed E-state index contributed by atoms with van der Waals surface area (Å²) >= 11 is 0. The van der Waals surface area contributed by atoms with Crippen LogP contribution in [0.3, 0.4) is 0 Å². The van der Waals surface area contributed by atoms with Crippen LogP contribution in [0.2, 0.25) is 0 Å². The Morgan fingerprint density at radius 1 is 0.889 bits per heavy atom. The lowest BCUT2D eigenvalue weighted by Gasteiger charge is -2.36. The van der Waals surface area contributed by atoms with Crippen LogP contribution in [0.4, 0.5) is 0 Å². The molecule has 136 valence electrons. The maximum atomic E-state index is 12.9. The van der Waals surface area contributed by atoms with E-state index in [1.165, 1.54) is 5.56 Å². The monoisotopic (exact) mass is 363 g/mol. The van der Waals surface area contributed by atoms with Crippen LogP contribution in [0.1, 0.15) is 29.0 Å². The van der Waals surface area contributed by atoms with Gasteiger partial charge in [0.15, 0.2) is 23.0 Å². The molecule has 4 aliphatic rings. The van der Waals surface area contributed by atoms with Crippen LogP contribution < -0.4 is 18.9 Å². The zero-order chi connectivity index (χ0) is 18.0. The molecule has 4 heterocycles. The molecular weight excluding hydrogens is 346 g/mol. The Labute approximate surface area is 155 Å². The smallest absolute Gasteiger partial charge is 0.231 e. The summed E-state index contributed by atoms with van der Waals surface area (Å²) in [6.07, 6.45) is 3.48. The Bertz CT molecular complexity index is 1010. The molecule has 2 aromatic rings. The van der Waals surface area contributed by atoms with Crippen LogP contribution in [0.15, 0.2) is 36.4 Å². The van der Waals surface area contributed by atoms with Gasteiger partial charge in [0.25, 0.3) is 0 Å². The quantitative estimate of drug-likeness (QED) is 0.779. The van der Waals surface area contributed by atoms with E-state index < -0.39 is 0 Å². The van der Waals surface area contributed by atoms with Crippen molar-refractivity contribution in [3.05, 3.63) is 53.1 Å².